The van der Waals surface area contributed by atoms with E-state index in [0.29, 0.717) is 41.2 Å². The van der Waals surface area contributed by atoms with Gasteiger partial charge in [-0.15, -0.1) is 0 Å². The molecule has 2 fully saturated rings. The summed E-state index contributed by atoms with van der Waals surface area (Å²) >= 11 is 1.23. The molecule has 1 aromatic carbocycles. The summed E-state index contributed by atoms with van der Waals surface area (Å²) in [6.07, 6.45) is -1.75. The fraction of sp³-hybridized carbons (Fsp3) is 0.433. The lowest BCUT2D eigenvalue weighted by molar-refractivity contribution is -0.140. The number of carbonyl (C=O) groups excluding carboxylic acids is 4. The van der Waals surface area contributed by atoms with Crippen molar-refractivity contribution in [3.05, 3.63) is 52.3 Å². The summed E-state index contributed by atoms with van der Waals surface area (Å²) in [5.41, 5.74) is -0.973. The van der Waals surface area contributed by atoms with E-state index >= 15 is 0 Å². The molecular formula is C30H33F3N8O5S. The van der Waals surface area contributed by atoms with E-state index in [1.165, 1.54) is 23.6 Å². The lowest BCUT2D eigenvalue weighted by Gasteiger charge is -2.35. The van der Waals surface area contributed by atoms with Crippen LogP contribution in [0.2, 0.25) is 0 Å². The maximum absolute atomic E-state index is 13.8. The van der Waals surface area contributed by atoms with Crippen LogP contribution in [0.15, 0.2) is 30.5 Å². The third-order valence-corrected chi connectivity index (χ3v) is 8.52. The Morgan fingerprint density at radius 2 is 1.96 bits per heavy atom. The number of ether oxygens (including phenoxy) is 1. The van der Waals surface area contributed by atoms with E-state index < -0.39 is 47.7 Å². The van der Waals surface area contributed by atoms with Crippen molar-refractivity contribution in [2.24, 2.45) is 0 Å². The van der Waals surface area contributed by atoms with Crippen molar-refractivity contribution < 1.29 is 37.1 Å². The van der Waals surface area contributed by atoms with E-state index in [4.69, 9.17) is 4.74 Å². The van der Waals surface area contributed by atoms with Crippen LogP contribution in [-0.4, -0.2) is 89.7 Å². The third-order valence-electron chi connectivity index (χ3n) is 7.68. The van der Waals surface area contributed by atoms with Crippen molar-refractivity contribution in [3.63, 3.8) is 0 Å². The highest BCUT2D eigenvalue weighted by atomic mass is 32.1. The van der Waals surface area contributed by atoms with Crippen LogP contribution < -0.4 is 25.6 Å². The Balaban J connectivity index is 1.04. The predicted octanol–water partition coefficient (Wildman–Crippen LogP) is 3.04. The second-order valence-electron chi connectivity index (χ2n) is 11.0. The third kappa shape index (κ3) is 9.00. The average molecular weight is 675 g/mol. The van der Waals surface area contributed by atoms with Gasteiger partial charge in [0.2, 0.25) is 11.8 Å². The van der Waals surface area contributed by atoms with Crippen LogP contribution in [0.3, 0.4) is 0 Å². The zero-order chi connectivity index (χ0) is 33.6. The van der Waals surface area contributed by atoms with Crippen LogP contribution in [0.25, 0.3) is 0 Å². The number of halogens is 3. The standard InChI is InChI=1S/C30H33F3N8O5S/c1-18-36-24(38-29-35-15-20(16-42)47-29)14-25(37-18)41-11-9-40(10-12-41)8-2-7-34-27(44)17-46-23-5-3-19(13-22(23)30(31,32)33)21-4-6-26(43)39-28(21)45/h3,5,13-16,21H,2,4,6-12,17H2,1H3,(H,34,44)(H,39,43,45)(H,35,36,37,38). The fourth-order valence-corrected chi connectivity index (χ4v) is 5.97. The number of imide groups is 1. The summed E-state index contributed by atoms with van der Waals surface area (Å²) in [6, 6.07) is 5.12. The van der Waals surface area contributed by atoms with Crippen LogP contribution in [0.4, 0.5) is 29.9 Å². The lowest BCUT2D eigenvalue weighted by Crippen LogP contribution is -2.47. The normalized spacial score (nSPS) is 17.3. The van der Waals surface area contributed by atoms with Gasteiger partial charge < -0.3 is 20.3 Å². The monoisotopic (exact) mass is 674 g/mol. The Hall–Kier alpha value is -4.64. The molecule has 0 spiro atoms. The minimum atomic E-state index is -4.78. The molecule has 0 aliphatic carbocycles. The van der Waals surface area contributed by atoms with Crippen molar-refractivity contribution in [2.45, 2.75) is 38.3 Å². The molecule has 4 heterocycles. The van der Waals surface area contributed by atoms with E-state index in [1.807, 2.05) is 6.07 Å². The van der Waals surface area contributed by atoms with Gasteiger partial charge >= 0.3 is 6.18 Å². The number of hydrogen-bond acceptors (Lipinski definition) is 12. The molecule has 13 nitrogen and oxygen atoms in total. The van der Waals surface area contributed by atoms with Gasteiger partial charge in [0.25, 0.3) is 5.91 Å². The zero-order valence-corrected chi connectivity index (χ0v) is 26.2. The largest absolute Gasteiger partial charge is 0.483 e. The second kappa shape index (κ2) is 14.8. The molecule has 3 aromatic rings. The van der Waals surface area contributed by atoms with Crippen molar-refractivity contribution >= 4 is 52.1 Å². The highest BCUT2D eigenvalue weighted by Crippen LogP contribution is 2.39. The van der Waals surface area contributed by atoms with Gasteiger partial charge in [0.1, 0.15) is 23.2 Å². The van der Waals surface area contributed by atoms with Crippen LogP contribution in [0, 0.1) is 6.92 Å². The van der Waals surface area contributed by atoms with Gasteiger partial charge in [0, 0.05) is 45.2 Å². The van der Waals surface area contributed by atoms with Gasteiger partial charge in [-0.3, -0.25) is 29.4 Å². The number of rotatable bonds is 12. The van der Waals surface area contributed by atoms with E-state index in [1.54, 1.807) is 6.92 Å². The minimum Gasteiger partial charge on any atom is -0.483 e. The van der Waals surface area contributed by atoms with Gasteiger partial charge in [0.15, 0.2) is 18.0 Å². The molecule has 2 aromatic heterocycles. The number of hydrogen-bond donors (Lipinski definition) is 3. The number of aromatic nitrogens is 3. The van der Waals surface area contributed by atoms with Gasteiger partial charge in [-0.2, -0.15) is 13.2 Å². The molecule has 1 atom stereocenters. The quantitative estimate of drug-likeness (QED) is 0.147. The first-order chi connectivity index (χ1) is 22.5. The van der Waals surface area contributed by atoms with E-state index in [2.05, 4.69) is 40.7 Å². The smallest absolute Gasteiger partial charge is 0.419 e. The summed E-state index contributed by atoms with van der Waals surface area (Å²) < 4.78 is 46.6. The highest BCUT2D eigenvalue weighted by molar-refractivity contribution is 7.17. The molecule has 17 heteroatoms. The number of nitrogens with zero attached hydrogens (tertiary/aromatic N) is 5. The molecule has 0 bridgehead atoms. The molecule has 250 valence electrons. The number of benzene rings is 1. The minimum absolute atomic E-state index is 0.0366. The molecule has 5 rings (SSSR count). The van der Waals surface area contributed by atoms with Crippen molar-refractivity contribution in [2.75, 3.05) is 56.1 Å². The molecule has 2 aliphatic rings. The van der Waals surface area contributed by atoms with Gasteiger partial charge in [-0.1, -0.05) is 17.4 Å². The van der Waals surface area contributed by atoms with E-state index in [0.717, 1.165) is 50.4 Å². The van der Waals surface area contributed by atoms with Gasteiger partial charge in [-0.25, -0.2) is 15.0 Å². The maximum atomic E-state index is 13.8. The molecular weight excluding hydrogens is 641 g/mol. The summed E-state index contributed by atoms with van der Waals surface area (Å²) in [4.78, 5) is 64.9. The number of anilines is 3. The Morgan fingerprint density at radius 3 is 2.66 bits per heavy atom. The fourth-order valence-electron chi connectivity index (χ4n) is 5.34. The summed E-state index contributed by atoms with van der Waals surface area (Å²) in [5, 5.41) is 8.51. The number of aryl methyl sites for hydroxylation is 1. The van der Waals surface area contributed by atoms with Crippen molar-refractivity contribution in [1.82, 2.24) is 30.5 Å². The number of piperidine rings is 1. The Kier molecular flexibility index (Phi) is 10.7. The number of alkyl halides is 3. The molecule has 3 N–H and O–H groups in total. The van der Waals surface area contributed by atoms with Crippen LogP contribution in [0.5, 0.6) is 5.75 Å². The first kappa shape index (κ1) is 33.7. The number of piperazine rings is 1. The number of aldehydes is 1. The topological polar surface area (TPSA) is 159 Å². The first-order valence-electron chi connectivity index (χ1n) is 14.9. The second-order valence-corrected chi connectivity index (χ2v) is 12.1. The first-order valence-corrected chi connectivity index (χ1v) is 15.8. The number of amides is 3. The Labute approximate surface area is 271 Å². The van der Waals surface area contributed by atoms with Crippen LogP contribution in [-0.2, 0) is 20.6 Å². The molecule has 2 saturated heterocycles. The Morgan fingerprint density at radius 1 is 1.17 bits per heavy atom. The van der Waals surface area contributed by atoms with Crippen molar-refractivity contribution in [1.29, 1.82) is 0 Å². The summed E-state index contributed by atoms with van der Waals surface area (Å²) in [5.74, 6) is -1.10. The molecule has 47 heavy (non-hydrogen) atoms. The van der Waals surface area contributed by atoms with Crippen LogP contribution in [0.1, 0.15) is 51.8 Å². The molecule has 3 amide bonds. The number of carbonyl (C=O) groups is 4. The molecule has 0 saturated carbocycles. The molecule has 2 aliphatic heterocycles. The van der Waals surface area contributed by atoms with Gasteiger partial charge in [-0.05, 0) is 44.0 Å². The number of thiazole rings is 1. The summed E-state index contributed by atoms with van der Waals surface area (Å²) in [7, 11) is 0. The predicted molar refractivity (Wildman–Crippen MR) is 166 cm³/mol. The van der Waals surface area contributed by atoms with Crippen LogP contribution >= 0.6 is 11.3 Å². The Bertz CT molecular complexity index is 1630. The lowest BCUT2D eigenvalue weighted by atomic mass is 9.89. The number of nitrogens with one attached hydrogen (secondary N) is 3. The summed E-state index contributed by atoms with van der Waals surface area (Å²) in [6.45, 7) is 5.24. The molecule has 0 radical (unpaired) electrons. The highest BCUT2D eigenvalue weighted by Gasteiger charge is 2.37. The van der Waals surface area contributed by atoms with E-state index in [9.17, 15) is 32.3 Å². The zero-order valence-electron chi connectivity index (χ0n) is 25.4. The SMILES string of the molecule is Cc1nc(Nc2ncc(C=O)s2)cc(N2CCN(CCCNC(=O)COc3ccc(C4CCC(=O)NC4=O)cc3C(F)(F)F)CC2)n1. The van der Waals surface area contributed by atoms with Gasteiger partial charge in [0.05, 0.1) is 22.6 Å². The maximum Gasteiger partial charge on any atom is 0.419 e. The van der Waals surface area contributed by atoms with Crippen molar-refractivity contribution in [3.8, 4) is 5.75 Å². The van der Waals surface area contributed by atoms with E-state index in [-0.39, 0.29) is 18.4 Å². The molecule has 1 unspecified atom stereocenters. The average Bonchev–Trinajstić information content (AvgIpc) is 3.49.